The van der Waals surface area contributed by atoms with Crippen LogP contribution < -0.4 is 10.1 Å². The summed E-state index contributed by atoms with van der Waals surface area (Å²) in [4.78, 5) is 22.3. The van der Waals surface area contributed by atoms with Gasteiger partial charge >= 0.3 is 0 Å². The van der Waals surface area contributed by atoms with E-state index in [9.17, 15) is 9.18 Å². The van der Waals surface area contributed by atoms with Crippen molar-refractivity contribution < 1.29 is 13.9 Å². The van der Waals surface area contributed by atoms with Gasteiger partial charge in [-0.15, -0.1) is 0 Å². The van der Waals surface area contributed by atoms with Gasteiger partial charge in [0.2, 0.25) is 5.91 Å². The van der Waals surface area contributed by atoms with Crippen molar-refractivity contribution in [3.05, 3.63) is 24.3 Å². The van der Waals surface area contributed by atoms with Gasteiger partial charge in [0.05, 0.1) is 18.7 Å². The summed E-state index contributed by atoms with van der Waals surface area (Å²) in [7, 11) is 1.42. The molecule has 1 aliphatic heterocycles. The van der Waals surface area contributed by atoms with Crippen LogP contribution in [-0.4, -0.2) is 46.5 Å². The lowest BCUT2D eigenvalue weighted by Crippen LogP contribution is -2.30. The average Bonchev–Trinajstić information content (AvgIpc) is 3.31. The molecule has 23 heavy (non-hydrogen) atoms. The van der Waals surface area contributed by atoms with E-state index in [0.717, 1.165) is 12.8 Å². The molecular formula is C16H17FN4O2. The maximum absolute atomic E-state index is 13.8. The number of hydrogen-bond donors (Lipinski definition) is 1. The molecule has 0 spiro atoms. The van der Waals surface area contributed by atoms with Crippen molar-refractivity contribution in [3.8, 4) is 5.75 Å². The number of halogens is 1. The number of benzene rings is 1. The minimum absolute atomic E-state index is 0.0113. The number of likely N-dealkylation sites (tertiary alicyclic amines) is 1. The van der Waals surface area contributed by atoms with Crippen LogP contribution >= 0.6 is 0 Å². The molecule has 2 aromatic rings. The fourth-order valence-corrected chi connectivity index (χ4v) is 3.09. The van der Waals surface area contributed by atoms with Crippen molar-refractivity contribution in [1.29, 1.82) is 0 Å². The molecule has 1 unspecified atom stereocenters. The SMILES string of the molecule is COc1cc2c(NC3CC(=O)N(C4CC4)C3)ncnc2cc1F. The summed E-state index contributed by atoms with van der Waals surface area (Å²) in [5.74, 6) is 0.480. The summed E-state index contributed by atoms with van der Waals surface area (Å²) in [5, 5.41) is 3.99. The van der Waals surface area contributed by atoms with Crippen LogP contribution in [0.15, 0.2) is 18.5 Å². The summed E-state index contributed by atoms with van der Waals surface area (Å²) in [6, 6.07) is 3.35. The topological polar surface area (TPSA) is 67.3 Å². The number of carbonyl (C=O) groups excluding carboxylic acids is 1. The molecule has 4 rings (SSSR count). The molecule has 2 aliphatic rings. The first-order valence-corrected chi connectivity index (χ1v) is 7.70. The predicted octanol–water partition coefficient (Wildman–Crippen LogP) is 1.95. The smallest absolute Gasteiger partial charge is 0.225 e. The van der Waals surface area contributed by atoms with Gasteiger partial charge in [-0.3, -0.25) is 4.79 Å². The van der Waals surface area contributed by atoms with Crippen molar-refractivity contribution in [3.63, 3.8) is 0 Å². The molecule has 1 saturated heterocycles. The maximum Gasteiger partial charge on any atom is 0.225 e. The third-order valence-corrected chi connectivity index (χ3v) is 4.40. The highest BCUT2D eigenvalue weighted by Gasteiger charge is 2.39. The van der Waals surface area contributed by atoms with Crippen molar-refractivity contribution in [2.45, 2.75) is 31.3 Å². The number of nitrogens with zero attached hydrogens (tertiary/aromatic N) is 3. The van der Waals surface area contributed by atoms with Crippen LogP contribution in [0.4, 0.5) is 10.2 Å². The number of nitrogens with one attached hydrogen (secondary N) is 1. The molecule has 1 saturated carbocycles. The zero-order valence-electron chi connectivity index (χ0n) is 12.8. The standard InChI is InChI=1S/C16H17FN4O2/c1-23-14-5-11-13(6-12(14)17)18-8-19-16(11)20-9-4-15(22)21(7-9)10-2-3-10/h5-6,8-10H,2-4,7H2,1H3,(H,18,19,20). The third kappa shape index (κ3) is 2.56. The highest BCUT2D eigenvalue weighted by atomic mass is 19.1. The number of carbonyl (C=O) groups is 1. The van der Waals surface area contributed by atoms with E-state index in [2.05, 4.69) is 15.3 Å². The first-order valence-electron chi connectivity index (χ1n) is 7.70. The van der Waals surface area contributed by atoms with Crippen LogP contribution in [0.3, 0.4) is 0 Å². The Morgan fingerprint density at radius 1 is 1.35 bits per heavy atom. The lowest BCUT2D eigenvalue weighted by Gasteiger charge is -2.17. The molecule has 2 heterocycles. The molecule has 0 radical (unpaired) electrons. The third-order valence-electron chi connectivity index (χ3n) is 4.40. The molecule has 7 heteroatoms. The summed E-state index contributed by atoms with van der Waals surface area (Å²) in [6.45, 7) is 0.688. The van der Waals surface area contributed by atoms with Crippen LogP contribution in [0, 0.1) is 5.82 Å². The number of methoxy groups -OCH3 is 1. The first-order chi connectivity index (χ1) is 11.2. The minimum atomic E-state index is -0.458. The van der Waals surface area contributed by atoms with Gasteiger partial charge in [0.15, 0.2) is 11.6 Å². The van der Waals surface area contributed by atoms with Crippen LogP contribution in [0.25, 0.3) is 10.9 Å². The second-order valence-corrected chi connectivity index (χ2v) is 6.05. The van der Waals surface area contributed by atoms with Gasteiger partial charge in [0.25, 0.3) is 0 Å². The van der Waals surface area contributed by atoms with Gasteiger partial charge in [-0.2, -0.15) is 0 Å². The van der Waals surface area contributed by atoms with Crippen molar-refractivity contribution in [2.24, 2.45) is 0 Å². The Morgan fingerprint density at radius 3 is 2.91 bits per heavy atom. The quantitative estimate of drug-likeness (QED) is 0.934. The van der Waals surface area contributed by atoms with E-state index in [4.69, 9.17) is 4.74 Å². The van der Waals surface area contributed by atoms with Crippen molar-refractivity contribution >= 4 is 22.6 Å². The lowest BCUT2D eigenvalue weighted by atomic mass is 10.2. The summed E-state index contributed by atoms with van der Waals surface area (Å²) >= 11 is 0. The molecular weight excluding hydrogens is 299 g/mol. The van der Waals surface area contributed by atoms with E-state index >= 15 is 0 Å². The lowest BCUT2D eigenvalue weighted by molar-refractivity contribution is -0.128. The van der Waals surface area contributed by atoms with Gasteiger partial charge in [-0.05, 0) is 18.9 Å². The number of anilines is 1. The first kappa shape index (κ1) is 14.2. The van der Waals surface area contributed by atoms with E-state index < -0.39 is 5.82 Å². The van der Waals surface area contributed by atoms with E-state index in [1.807, 2.05) is 4.90 Å². The summed E-state index contributed by atoms with van der Waals surface area (Å²) < 4.78 is 18.8. The Bertz CT molecular complexity index is 778. The van der Waals surface area contributed by atoms with E-state index in [0.29, 0.717) is 35.7 Å². The largest absolute Gasteiger partial charge is 0.494 e. The molecule has 2 fully saturated rings. The molecule has 1 aromatic heterocycles. The Kier molecular flexibility index (Phi) is 3.28. The number of hydrogen-bond acceptors (Lipinski definition) is 5. The van der Waals surface area contributed by atoms with Gasteiger partial charge in [-0.25, -0.2) is 14.4 Å². The number of aromatic nitrogens is 2. The summed E-state index contributed by atoms with van der Waals surface area (Å²) in [5.41, 5.74) is 0.504. The predicted molar refractivity (Wildman–Crippen MR) is 82.8 cm³/mol. The molecule has 1 amide bonds. The highest BCUT2D eigenvalue weighted by Crippen LogP contribution is 2.32. The molecule has 1 N–H and O–H groups in total. The van der Waals surface area contributed by atoms with Crippen molar-refractivity contribution in [1.82, 2.24) is 14.9 Å². The Labute approximate surface area is 132 Å². The zero-order valence-corrected chi connectivity index (χ0v) is 12.8. The maximum atomic E-state index is 13.8. The Balaban J connectivity index is 1.62. The zero-order chi connectivity index (χ0) is 16.0. The number of fused-ring (bicyclic) bond motifs is 1. The number of amides is 1. The van der Waals surface area contributed by atoms with Crippen LogP contribution in [0.2, 0.25) is 0 Å². The molecule has 1 atom stereocenters. The second-order valence-electron chi connectivity index (χ2n) is 6.05. The van der Waals surface area contributed by atoms with Gasteiger partial charge in [-0.1, -0.05) is 0 Å². The molecule has 6 nitrogen and oxygen atoms in total. The van der Waals surface area contributed by atoms with E-state index in [1.54, 1.807) is 6.07 Å². The average molecular weight is 316 g/mol. The van der Waals surface area contributed by atoms with Crippen LogP contribution in [-0.2, 0) is 4.79 Å². The van der Waals surface area contributed by atoms with Gasteiger partial charge < -0.3 is 15.0 Å². The normalized spacial score (nSPS) is 21.0. The second kappa shape index (κ2) is 5.33. The van der Waals surface area contributed by atoms with Gasteiger partial charge in [0, 0.05) is 30.5 Å². The monoisotopic (exact) mass is 316 g/mol. The number of ether oxygens (including phenoxy) is 1. The Morgan fingerprint density at radius 2 is 2.17 bits per heavy atom. The summed E-state index contributed by atoms with van der Waals surface area (Å²) in [6.07, 6.45) is 4.06. The van der Waals surface area contributed by atoms with E-state index in [1.165, 1.54) is 19.5 Å². The fraction of sp³-hybridized carbons (Fsp3) is 0.438. The molecule has 1 aliphatic carbocycles. The van der Waals surface area contributed by atoms with E-state index in [-0.39, 0.29) is 17.7 Å². The van der Waals surface area contributed by atoms with Crippen LogP contribution in [0.5, 0.6) is 5.75 Å². The molecule has 0 bridgehead atoms. The van der Waals surface area contributed by atoms with Gasteiger partial charge in [0.1, 0.15) is 12.1 Å². The molecule has 1 aromatic carbocycles. The van der Waals surface area contributed by atoms with Crippen LogP contribution in [0.1, 0.15) is 19.3 Å². The molecule has 120 valence electrons. The fourth-order valence-electron chi connectivity index (χ4n) is 3.09. The Hall–Kier alpha value is -2.44. The van der Waals surface area contributed by atoms with Crippen molar-refractivity contribution in [2.75, 3.05) is 19.0 Å². The number of rotatable bonds is 4. The highest BCUT2D eigenvalue weighted by molar-refractivity contribution is 5.90. The minimum Gasteiger partial charge on any atom is -0.494 e.